The van der Waals surface area contributed by atoms with Crippen molar-refractivity contribution in [3.05, 3.63) is 46.2 Å². The number of nitrogens with zero attached hydrogens (tertiary/aromatic N) is 2. The number of carbonyl (C=O) groups is 1. The molecule has 21 heavy (non-hydrogen) atoms. The summed E-state index contributed by atoms with van der Waals surface area (Å²) in [6, 6.07) is 10.4. The van der Waals surface area contributed by atoms with Gasteiger partial charge < -0.3 is 9.88 Å². The number of nitriles is 1. The van der Waals surface area contributed by atoms with E-state index in [1.165, 1.54) is 6.07 Å². The summed E-state index contributed by atoms with van der Waals surface area (Å²) < 4.78 is 1.70. The van der Waals surface area contributed by atoms with Gasteiger partial charge in [0.05, 0.1) is 18.0 Å². The van der Waals surface area contributed by atoms with E-state index in [2.05, 4.69) is 5.32 Å². The maximum atomic E-state index is 12.3. The normalized spacial score (nSPS) is 11.9. The molecule has 0 aliphatic rings. The van der Waals surface area contributed by atoms with Crippen LogP contribution in [0, 0.1) is 11.3 Å². The molecule has 0 aliphatic heterocycles. The Kier molecular flexibility index (Phi) is 4.39. The van der Waals surface area contributed by atoms with Crippen LogP contribution in [0.15, 0.2) is 35.1 Å². The number of aryl methyl sites for hydroxylation is 1. The fourth-order valence-corrected chi connectivity index (χ4v) is 2.29. The van der Waals surface area contributed by atoms with Crippen molar-refractivity contribution in [2.24, 2.45) is 7.05 Å². The smallest absolute Gasteiger partial charge is 0.268 e. The Morgan fingerprint density at radius 3 is 2.81 bits per heavy atom. The van der Waals surface area contributed by atoms with E-state index in [-0.39, 0.29) is 23.8 Å². The number of pyridine rings is 1. The molecule has 0 fully saturated rings. The Balaban J connectivity index is 2.43. The van der Waals surface area contributed by atoms with Crippen LogP contribution in [0.2, 0.25) is 0 Å². The molecular weight excluding hydrogens is 266 g/mol. The van der Waals surface area contributed by atoms with Crippen molar-refractivity contribution in [2.45, 2.75) is 25.8 Å². The molecule has 1 heterocycles. The third kappa shape index (κ3) is 2.95. The predicted octanol–water partition coefficient (Wildman–Crippen LogP) is 1.96. The van der Waals surface area contributed by atoms with Gasteiger partial charge in [-0.1, -0.05) is 19.1 Å². The lowest BCUT2D eigenvalue weighted by Crippen LogP contribution is -2.36. The summed E-state index contributed by atoms with van der Waals surface area (Å²) in [5.41, 5.74) is 0.834. The molecule has 2 rings (SSSR count). The van der Waals surface area contributed by atoms with Gasteiger partial charge in [0.1, 0.15) is 5.69 Å². The van der Waals surface area contributed by atoms with Gasteiger partial charge in [0.2, 0.25) is 0 Å². The maximum absolute atomic E-state index is 12.3. The van der Waals surface area contributed by atoms with Crippen LogP contribution in [0.25, 0.3) is 10.9 Å². The third-order valence-corrected chi connectivity index (χ3v) is 3.56. The topological polar surface area (TPSA) is 74.9 Å². The Labute approximate surface area is 122 Å². The van der Waals surface area contributed by atoms with E-state index in [1.807, 2.05) is 19.1 Å². The lowest BCUT2D eigenvalue weighted by Gasteiger charge is -2.16. The lowest BCUT2D eigenvalue weighted by atomic mass is 10.1. The molecular formula is C16H17N3O2. The Bertz CT molecular complexity index is 771. The van der Waals surface area contributed by atoms with Crippen molar-refractivity contribution in [1.82, 2.24) is 9.88 Å². The highest BCUT2D eigenvalue weighted by atomic mass is 16.2. The average molecular weight is 283 g/mol. The number of hydrogen-bond acceptors (Lipinski definition) is 3. The summed E-state index contributed by atoms with van der Waals surface area (Å²) in [6.07, 6.45) is 0.921. The molecule has 108 valence electrons. The number of aromatic nitrogens is 1. The molecule has 0 saturated carbocycles. The minimum atomic E-state index is -0.331. The molecule has 0 saturated heterocycles. The molecule has 1 atom stereocenters. The van der Waals surface area contributed by atoms with E-state index in [4.69, 9.17) is 5.26 Å². The molecule has 0 unspecified atom stereocenters. The van der Waals surface area contributed by atoms with Crippen LogP contribution in [-0.4, -0.2) is 16.5 Å². The van der Waals surface area contributed by atoms with Crippen molar-refractivity contribution in [2.75, 3.05) is 0 Å². The van der Waals surface area contributed by atoms with Gasteiger partial charge in [0.15, 0.2) is 5.43 Å². The second-order valence-corrected chi connectivity index (χ2v) is 4.91. The number of benzene rings is 1. The van der Waals surface area contributed by atoms with Crippen molar-refractivity contribution in [3.63, 3.8) is 0 Å². The first-order chi connectivity index (χ1) is 10.1. The average Bonchev–Trinajstić information content (AvgIpc) is 2.50. The van der Waals surface area contributed by atoms with E-state index in [0.717, 1.165) is 0 Å². The number of hydrogen-bond donors (Lipinski definition) is 1. The van der Waals surface area contributed by atoms with Gasteiger partial charge in [-0.2, -0.15) is 5.26 Å². The Hall–Kier alpha value is -2.61. The summed E-state index contributed by atoms with van der Waals surface area (Å²) in [7, 11) is 1.75. The second-order valence-electron chi connectivity index (χ2n) is 4.91. The first-order valence-corrected chi connectivity index (χ1v) is 6.85. The van der Waals surface area contributed by atoms with E-state index in [0.29, 0.717) is 23.0 Å². The van der Waals surface area contributed by atoms with Crippen LogP contribution in [0.4, 0.5) is 0 Å². The molecule has 1 aromatic carbocycles. The van der Waals surface area contributed by atoms with Crippen molar-refractivity contribution >= 4 is 16.8 Å². The number of fused-ring (bicyclic) bond motifs is 1. The molecule has 5 heteroatoms. The number of nitrogens with one attached hydrogen (secondary N) is 1. The summed E-state index contributed by atoms with van der Waals surface area (Å²) >= 11 is 0. The van der Waals surface area contributed by atoms with Gasteiger partial charge in [0.25, 0.3) is 5.91 Å². The van der Waals surface area contributed by atoms with Crippen LogP contribution < -0.4 is 10.7 Å². The van der Waals surface area contributed by atoms with Crippen LogP contribution in [0.5, 0.6) is 0 Å². The quantitative estimate of drug-likeness (QED) is 0.932. The molecule has 0 bridgehead atoms. The van der Waals surface area contributed by atoms with E-state index < -0.39 is 0 Å². The minimum Gasteiger partial charge on any atom is -0.347 e. The molecule has 0 aliphatic carbocycles. The SMILES string of the molecule is CC[C@H](CC#N)NC(=O)c1cc(=O)c2ccccc2n1C. The van der Waals surface area contributed by atoms with Crippen molar-refractivity contribution in [3.8, 4) is 6.07 Å². The molecule has 2 aromatic rings. The monoisotopic (exact) mass is 283 g/mol. The molecule has 1 amide bonds. The van der Waals surface area contributed by atoms with Crippen LogP contribution in [0.1, 0.15) is 30.3 Å². The van der Waals surface area contributed by atoms with E-state index in [1.54, 1.807) is 29.8 Å². The summed E-state index contributed by atoms with van der Waals surface area (Å²) in [5, 5.41) is 12.1. The number of carbonyl (C=O) groups excluding carboxylic acids is 1. The zero-order chi connectivity index (χ0) is 15.4. The largest absolute Gasteiger partial charge is 0.347 e. The minimum absolute atomic E-state index is 0.179. The highest BCUT2D eigenvalue weighted by Crippen LogP contribution is 2.11. The number of amides is 1. The molecule has 1 N–H and O–H groups in total. The predicted molar refractivity (Wildman–Crippen MR) is 81.0 cm³/mol. The summed E-state index contributed by atoms with van der Waals surface area (Å²) in [6.45, 7) is 1.90. The molecule has 0 spiro atoms. The van der Waals surface area contributed by atoms with Crippen LogP contribution in [0.3, 0.4) is 0 Å². The standard InChI is InChI=1S/C16H17N3O2/c1-3-11(8-9-17)18-16(21)14-10-15(20)12-6-4-5-7-13(12)19(14)2/h4-7,10-11H,3,8H2,1-2H3,(H,18,21)/t11-/m1/s1. The van der Waals surface area contributed by atoms with Crippen LogP contribution >= 0.6 is 0 Å². The highest BCUT2D eigenvalue weighted by molar-refractivity contribution is 5.95. The van der Waals surface area contributed by atoms with Gasteiger partial charge in [-0.05, 0) is 18.6 Å². The fraction of sp³-hybridized carbons (Fsp3) is 0.312. The van der Waals surface area contributed by atoms with E-state index >= 15 is 0 Å². The van der Waals surface area contributed by atoms with Crippen molar-refractivity contribution in [1.29, 1.82) is 5.26 Å². The van der Waals surface area contributed by atoms with Crippen LogP contribution in [-0.2, 0) is 7.05 Å². The summed E-state index contributed by atoms with van der Waals surface area (Å²) in [4.78, 5) is 24.4. The first kappa shape index (κ1) is 14.8. The fourth-order valence-electron chi connectivity index (χ4n) is 2.29. The van der Waals surface area contributed by atoms with Gasteiger partial charge in [0, 0.05) is 24.5 Å². The zero-order valence-electron chi connectivity index (χ0n) is 12.1. The van der Waals surface area contributed by atoms with E-state index in [9.17, 15) is 9.59 Å². The first-order valence-electron chi connectivity index (χ1n) is 6.85. The van der Waals surface area contributed by atoms with Gasteiger partial charge in [-0.3, -0.25) is 9.59 Å². The number of rotatable bonds is 4. The lowest BCUT2D eigenvalue weighted by molar-refractivity contribution is 0.0928. The maximum Gasteiger partial charge on any atom is 0.268 e. The second kappa shape index (κ2) is 6.23. The Morgan fingerprint density at radius 1 is 1.43 bits per heavy atom. The number of para-hydroxylation sites is 1. The zero-order valence-corrected chi connectivity index (χ0v) is 12.1. The summed E-state index contributed by atoms with van der Waals surface area (Å²) in [5.74, 6) is -0.331. The van der Waals surface area contributed by atoms with Gasteiger partial charge in [-0.25, -0.2) is 0 Å². The van der Waals surface area contributed by atoms with Crippen molar-refractivity contribution < 1.29 is 4.79 Å². The molecule has 5 nitrogen and oxygen atoms in total. The highest BCUT2D eigenvalue weighted by Gasteiger charge is 2.16. The van der Waals surface area contributed by atoms with Gasteiger partial charge >= 0.3 is 0 Å². The third-order valence-electron chi connectivity index (χ3n) is 3.56. The van der Waals surface area contributed by atoms with Gasteiger partial charge in [-0.15, -0.1) is 0 Å². The molecule has 1 aromatic heterocycles. The molecule has 0 radical (unpaired) electrons. The Morgan fingerprint density at radius 2 is 2.14 bits per heavy atom.